The molecule has 1 heterocycles. The maximum Gasteiger partial charge on any atom is 0.199 e. The molecule has 0 saturated heterocycles. The van der Waals surface area contributed by atoms with Crippen molar-refractivity contribution in [2.75, 3.05) is 7.11 Å². The first kappa shape index (κ1) is 11.7. The molecule has 0 radical (unpaired) electrons. The highest BCUT2D eigenvalue weighted by atomic mass is 35.5. The van der Waals surface area contributed by atoms with Crippen LogP contribution in [0.3, 0.4) is 0 Å². The summed E-state index contributed by atoms with van der Waals surface area (Å²) in [5.41, 5.74) is 0.998. The second kappa shape index (κ2) is 4.59. The Morgan fingerprint density at radius 1 is 1.47 bits per heavy atom. The third-order valence-electron chi connectivity index (χ3n) is 2.38. The molecular weight excluding hydrogens is 240 g/mol. The van der Waals surface area contributed by atoms with E-state index in [0.717, 1.165) is 0 Å². The van der Waals surface area contributed by atoms with Crippen molar-refractivity contribution < 1.29 is 9.53 Å². The monoisotopic (exact) mass is 250 g/mol. The molecular formula is C12H11ClN2O2. The van der Waals surface area contributed by atoms with Crippen LogP contribution >= 0.6 is 11.6 Å². The lowest BCUT2D eigenvalue weighted by molar-refractivity contribution is 0.103. The lowest BCUT2D eigenvalue weighted by Crippen LogP contribution is -2.03. The number of methoxy groups -OCH3 is 1. The van der Waals surface area contributed by atoms with Crippen molar-refractivity contribution in [3.05, 3.63) is 46.7 Å². The number of ether oxygens (including phenoxy) is 1. The third kappa shape index (κ3) is 2.31. The number of rotatable bonds is 3. The van der Waals surface area contributed by atoms with Crippen molar-refractivity contribution in [3.8, 4) is 5.75 Å². The zero-order valence-corrected chi connectivity index (χ0v) is 10.2. The lowest BCUT2D eigenvalue weighted by atomic mass is 10.1. The molecule has 2 aromatic rings. The molecule has 4 nitrogen and oxygen atoms in total. The molecule has 0 aliphatic carbocycles. The summed E-state index contributed by atoms with van der Waals surface area (Å²) in [5, 5.41) is 4.50. The van der Waals surface area contributed by atoms with E-state index >= 15 is 0 Å². The van der Waals surface area contributed by atoms with Gasteiger partial charge in [-0.15, -0.1) is 0 Å². The third-order valence-corrected chi connectivity index (χ3v) is 2.61. The van der Waals surface area contributed by atoms with Gasteiger partial charge < -0.3 is 4.74 Å². The fourth-order valence-electron chi connectivity index (χ4n) is 1.55. The van der Waals surface area contributed by atoms with E-state index in [2.05, 4.69) is 5.10 Å². The first-order valence-corrected chi connectivity index (χ1v) is 5.36. The molecule has 5 heteroatoms. The normalized spacial score (nSPS) is 10.3. The summed E-state index contributed by atoms with van der Waals surface area (Å²) in [5.74, 6) is 0.331. The van der Waals surface area contributed by atoms with E-state index in [1.165, 1.54) is 13.3 Å². The van der Waals surface area contributed by atoms with Gasteiger partial charge in [0, 0.05) is 18.3 Å². The lowest BCUT2D eigenvalue weighted by Gasteiger charge is -2.06. The van der Waals surface area contributed by atoms with E-state index < -0.39 is 0 Å². The Hall–Kier alpha value is -1.81. The largest absolute Gasteiger partial charge is 0.496 e. The predicted octanol–water partition coefficient (Wildman–Crippen LogP) is 2.31. The molecule has 1 aromatic heterocycles. The summed E-state index contributed by atoms with van der Waals surface area (Å²) >= 11 is 5.84. The van der Waals surface area contributed by atoms with Gasteiger partial charge in [0.2, 0.25) is 0 Å². The highest BCUT2D eigenvalue weighted by Gasteiger charge is 2.15. The van der Waals surface area contributed by atoms with E-state index in [1.54, 1.807) is 36.1 Å². The van der Waals surface area contributed by atoms with Gasteiger partial charge in [0.15, 0.2) is 5.78 Å². The highest BCUT2D eigenvalue weighted by molar-refractivity contribution is 6.31. The van der Waals surface area contributed by atoms with Gasteiger partial charge in [0.25, 0.3) is 0 Å². The molecule has 0 unspecified atom stereocenters. The molecule has 1 aromatic carbocycles. The Balaban J connectivity index is 2.43. The van der Waals surface area contributed by atoms with Crippen molar-refractivity contribution in [1.82, 2.24) is 9.78 Å². The number of halogens is 1. The molecule has 0 aliphatic heterocycles. The van der Waals surface area contributed by atoms with Crippen LogP contribution in [0.2, 0.25) is 5.02 Å². The number of carbonyl (C=O) groups excluding carboxylic acids is 1. The number of ketones is 1. The summed E-state index contributed by atoms with van der Waals surface area (Å²) in [6, 6.07) is 4.93. The molecule has 0 bridgehead atoms. The van der Waals surface area contributed by atoms with E-state index in [-0.39, 0.29) is 5.78 Å². The van der Waals surface area contributed by atoms with Gasteiger partial charge in [0.1, 0.15) is 5.75 Å². The number of carbonyl (C=O) groups is 1. The van der Waals surface area contributed by atoms with Gasteiger partial charge in [-0.1, -0.05) is 11.6 Å². The van der Waals surface area contributed by atoms with Crippen molar-refractivity contribution in [2.24, 2.45) is 7.05 Å². The van der Waals surface area contributed by atoms with Crippen molar-refractivity contribution in [2.45, 2.75) is 0 Å². The number of nitrogens with zero attached hydrogens (tertiary/aromatic N) is 2. The quantitative estimate of drug-likeness (QED) is 0.786. The Morgan fingerprint density at radius 2 is 2.24 bits per heavy atom. The maximum atomic E-state index is 12.2. The van der Waals surface area contributed by atoms with Crippen LogP contribution in [0.25, 0.3) is 0 Å². The molecule has 0 aliphatic rings. The van der Waals surface area contributed by atoms with E-state index in [4.69, 9.17) is 16.3 Å². The van der Waals surface area contributed by atoms with Crippen molar-refractivity contribution in [1.29, 1.82) is 0 Å². The number of benzene rings is 1. The maximum absolute atomic E-state index is 12.2. The van der Waals surface area contributed by atoms with Crippen LogP contribution in [0.1, 0.15) is 15.9 Å². The Morgan fingerprint density at radius 3 is 2.82 bits per heavy atom. The Labute approximate surface area is 104 Å². The number of aryl methyl sites for hydroxylation is 1. The second-order valence-electron chi connectivity index (χ2n) is 3.58. The topological polar surface area (TPSA) is 44.1 Å². The molecule has 17 heavy (non-hydrogen) atoms. The minimum Gasteiger partial charge on any atom is -0.496 e. The number of aromatic nitrogens is 2. The van der Waals surface area contributed by atoms with E-state index in [9.17, 15) is 4.79 Å². The molecule has 0 atom stereocenters. The summed E-state index contributed by atoms with van der Waals surface area (Å²) in [7, 11) is 3.27. The Kier molecular flexibility index (Phi) is 3.15. The number of hydrogen-bond donors (Lipinski definition) is 0. The summed E-state index contributed by atoms with van der Waals surface area (Å²) < 4.78 is 6.72. The minimum atomic E-state index is -0.133. The van der Waals surface area contributed by atoms with Crippen LogP contribution in [0.5, 0.6) is 5.75 Å². The van der Waals surface area contributed by atoms with Gasteiger partial charge >= 0.3 is 0 Å². The molecule has 0 amide bonds. The molecule has 88 valence electrons. The van der Waals surface area contributed by atoms with Crippen LogP contribution < -0.4 is 4.74 Å². The smallest absolute Gasteiger partial charge is 0.199 e. The second-order valence-corrected chi connectivity index (χ2v) is 4.01. The summed E-state index contributed by atoms with van der Waals surface area (Å²) in [6.45, 7) is 0. The minimum absolute atomic E-state index is 0.133. The van der Waals surface area contributed by atoms with Gasteiger partial charge in [0.05, 0.1) is 24.4 Å². The highest BCUT2D eigenvalue weighted by Crippen LogP contribution is 2.25. The summed E-state index contributed by atoms with van der Waals surface area (Å²) in [4.78, 5) is 12.2. The Bertz CT molecular complexity index is 563. The van der Waals surface area contributed by atoms with Gasteiger partial charge in [-0.3, -0.25) is 9.48 Å². The standard InChI is InChI=1S/C12H11ClN2O2/c1-15-7-8(6-14-15)12(16)10-4-3-9(13)5-11(10)17-2/h3-7H,1-2H3. The predicted molar refractivity (Wildman–Crippen MR) is 64.6 cm³/mol. The van der Waals surface area contributed by atoms with Crippen molar-refractivity contribution >= 4 is 17.4 Å². The van der Waals surface area contributed by atoms with Crippen molar-refractivity contribution in [3.63, 3.8) is 0 Å². The van der Waals surface area contributed by atoms with Crippen LogP contribution in [0, 0.1) is 0 Å². The first-order valence-electron chi connectivity index (χ1n) is 4.98. The van der Waals surface area contributed by atoms with Gasteiger partial charge in [-0.2, -0.15) is 5.10 Å². The van der Waals surface area contributed by atoms with Crippen LogP contribution in [0.15, 0.2) is 30.6 Å². The zero-order chi connectivity index (χ0) is 12.4. The molecule has 0 fully saturated rings. The summed E-state index contributed by atoms with van der Waals surface area (Å²) in [6.07, 6.45) is 3.19. The molecule has 2 rings (SSSR count). The molecule has 0 N–H and O–H groups in total. The molecule has 0 saturated carbocycles. The van der Waals surface area contributed by atoms with E-state index in [0.29, 0.717) is 21.9 Å². The average Bonchev–Trinajstić information content (AvgIpc) is 2.75. The number of hydrogen-bond acceptors (Lipinski definition) is 3. The zero-order valence-electron chi connectivity index (χ0n) is 9.48. The van der Waals surface area contributed by atoms with E-state index in [1.807, 2.05) is 0 Å². The van der Waals surface area contributed by atoms with Crippen LogP contribution in [0.4, 0.5) is 0 Å². The SMILES string of the molecule is COc1cc(Cl)ccc1C(=O)c1cnn(C)c1. The van der Waals surface area contributed by atoms with Crippen LogP contribution in [-0.4, -0.2) is 22.7 Å². The molecule has 0 spiro atoms. The van der Waals surface area contributed by atoms with Gasteiger partial charge in [-0.05, 0) is 18.2 Å². The van der Waals surface area contributed by atoms with Gasteiger partial charge in [-0.25, -0.2) is 0 Å². The first-order chi connectivity index (χ1) is 8.11. The fourth-order valence-corrected chi connectivity index (χ4v) is 1.71. The fraction of sp³-hybridized carbons (Fsp3) is 0.167. The average molecular weight is 251 g/mol. The van der Waals surface area contributed by atoms with Crippen LogP contribution in [-0.2, 0) is 7.05 Å².